The summed E-state index contributed by atoms with van der Waals surface area (Å²) in [5.41, 5.74) is 10.1. The maximum atomic E-state index is 13.5. The number of rotatable bonds is 7. The van der Waals surface area contributed by atoms with Gasteiger partial charge in [-0.2, -0.15) is 0 Å². The number of nitrogens with two attached hydrogens (primary N) is 2. The molecule has 0 unspecified atom stereocenters. The molecule has 0 aliphatic rings. The van der Waals surface area contributed by atoms with E-state index in [9.17, 15) is 18.4 Å². The summed E-state index contributed by atoms with van der Waals surface area (Å²) in [6, 6.07) is 2.95. The number of amidine groups is 1. The fraction of sp³-hybridized carbons (Fsp3) is 0.267. The summed E-state index contributed by atoms with van der Waals surface area (Å²) in [5.74, 6) is -4.44. The lowest BCUT2D eigenvalue weighted by Crippen LogP contribution is -2.29. The third-order valence-corrected chi connectivity index (χ3v) is 2.90. The summed E-state index contributed by atoms with van der Waals surface area (Å²) < 4.78 is 36.6. The van der Waals surface area contributed by atoms with Crippen LogP contribution in [0.1, 0.15) is 10.4 Å². The van der Waals surface area contributed by atoms with Crippen LogP contribution in [0.4, 0.5) is 8.78 Å². The Bertz CT molecular complexity index is 682. The number of carbonyl (C=O) groups is 2. The van der Waals surface area contributed by atoms with Gasteiger partial charge in [0, 0.05) is 14.2 Å². The third kappa shape index (κ3) is 4.59. The molecule has 4 N–H and O–H groups in total. The third-order valence-electron chi connectivity index (χ3n) is 2.90. The first-order chi connectivity index (χ1) is 11.3. The van der Waals surface area contributed by atoms with Crippen LogP contribution in [0.15, 0.2) is 34.5 Å². The van der Waals surface area contributed by atoms with Gasteiger partial charge in [0.25, 0.3) is 0 Å². The summed E-state index contributed by atoms with van der Waals surface area (Å²) in [7, 11) is 2.67. The van der Waals surface area contributed by atoms with Crippen LogP contribution in [0.2, 0.25) is 0 Å². The zero-order valence-electron chi connectivity index (χ0n) is 13.1. The van der Waals surface area contributed by atoms with Crippen molar-refractivity contribution in [1.29, 1.82) is 0 Å². The lowest BCUT2D eigenvalue weighted by atomic mass is 10.1. The Balaban J connectivity index is 2.94. The molecule has 0 amide bonds. The molecule has 0 atom stereocenters. The molecule has 0 aliphatic heterocycles. The highest BCUT2D eigenvalue weighted by molar-refractivity contribution is 6.19. The maximum absolute atomic E-state index is 13.5. The first kappa shape index (κ1) is 19.2. The molecule has 24 heavy (non-hydrogen) atoms. The fourth-order valence-corrected chi connectivity index (χ4v) is 1.78. The van der Waals surface area contributed by atoms with Crippen LogP contribution in [-0.2, 0) is 14.3 Å². The number of methoxy groups -OCH3 is 1. The van der Waals surface area contributed by atoms with Gasteiger partial charge < -0.3 is 20.9 Å². The van der Waals surface area contributed by atoms with Crippen LogP contribution in [0.25, 0.3) is 0 Å². The Kier molecular flexibility index (Phi) is 6.99. The molecular weight excluding hydrogens is 324 g/mol. The van der Waals surface area contributed by atoms with Crippen LogP contribution in [0.5, 0.6) is 0 Å². The van der Waals surface area contributed by atoms with E-state index in [4.69, 9.17) is 20.9 Å². The van der Waals surface area contributed by atoms with Crippen LogP contribution < -0.4 is 11.5 Å². The van der Waals surface area contributed by atoms with Crippen molar-refractivity contribution in [2.24, 2.45) is 16.5 Å². The Labute approximate surface area is 136 Å². The smallest absolute Gasteiger partial charge is 0.344 e. The lowest BCUT2D eigenvalue weighted by molar-refractivity contribution is -0.137. The Hall–Kier alpha value is -2.81. The molecule has 0 saturated carbocycles. The second-order valence-electron chi connectivity index (χ2n) is 4.54. The Morgan fingerprint density at radius 1 is 1.17 bits per heavy atom. The van der Waals surface area contributed by atoms with E-state index in [1.807, 2.05) is 0 Å². The molecule has 0 radical (unpaired) electrons. The SMILES string of the molecule is CN=C(N)C(C(=O)OCC(=O)c1c(F)cccc1F)=C(N)COC. The van der Waals surface area contributed by atoms with Crippen molar-refractivity contribution in [1.82, 2.24) is 0 Å². The van der Waals surface area contributed by atoms with Crippen molar-refractivity contribution in [3.05, 3.63) is 46.7 Å². The monoisotopic (exact) mass is 341 g/mol. The predicted octanol–water partition coefficient (Wildman–Crippen LogP) is 0.537. The van der Waals surface area contributed by atoms with Crippen LogP contribution >= 0.6 is 0 Å². The van der Waals surface area contributed by atoms with Gasteiger partial charge in [-0.3, -0.25) is 9.79 Å². The average molecular weight is 341 g/mol. The number of halogens is 2. The van der Waals surface area contributed by atoms with Crippen LogP contribution in [0, 0.1) is 11.6 Å². The van der Waals surface area contributed by atoms with Crippen LogP contribution in [0.3, 0.4) is 0 Å². The van der Waals surface area contributed by atoms with Crippen molar-refractivity contribution in [2.75, 3.05) is 27.4 Å². The zero-order valence-corrected chi connectivity index (χ0v) is 13.1. The van der Waals surface area contributed by atoms with E-state index in [1.165, 1.54) is 14.2 Å². The van der Waals surface area contributed by atoms with Gasteiger partial charge in [0.15, 0.2) is 6.61 Å². The molecule has 1 aromatic rings. The molecule has 0 bridgehead atoms. The van der Waals surface area contributed by atoms with Crippen molar-refractivity contribution in [2.45, 2.75) is 0 Å². The largest absolute Gasteiger partial charge is 0.454 e. The summed E-state index contributed by atoms with van der Waals surface area (Å²) >= 11 is 0. The summed E-state index contributed by atoms with van der Waals surface area (Å²) in [6.45, 7) is -1.02. The fourth-order valence-electron chi connectivity index (χ4n) is 1.78. The van der Waals surface area contributed by atoms with Crippen molar-refractivity contribution >= 4 is 17.6 Å². The van der Waals surface area contributed by atoms with E-state index in [2.05, 4.69) is 4.99 Å². The number of benzene rings is 1. The normalized spacial score (nSPS) is 12.6. The second kappa shape index (κ2) is 8.73. The van der Waals surface area contributed by atoms with Crippen molar-refractivity contribution < 1.29 is 27.8 Å². The zero-order chi connectivity index (χ0) is 18.3. The van der Waals surface area contributed by atoms with Crippen molar-refractivity contribution in [3.8, 4) is 0 Å². The van der Waals surface area contributed by atoms with E-state index >= 15 is 0 Å². The topological polar surface area (TPSA) is 117 Å². The minimum absolute atomic E-state index is 0.0601. The molecule has 1 rings (SSSR count). The molecule has 130 valence electrons. The summed E-state index contributed by atoms with van der Waals surface area (Å²) in [4.78, 5) is 27.5. The minimum atomic E-state index is -1.06. The number of hydrogen-bond donors (Lipinski definition) is 2. The molecule has 0 heterocycles. The molecule has 9 heteroatoms. The summed E-state index contributed by atoms with van der Waals surface area (Å²) in [5, 5.41) is 0. The van der Waals surface area contributed by atoms with Gasteiger partial charge in [-0.1, -0.05) is 6.07 Å². The molecule has 0 aliphatic carbocycles. The highest BCUT2D eigenvalue weighted by atomic mass is 19.1. The van der Waals surface area contributed by atoms with Gasteiger partial charge >= 0.3 is 5.97 Å². The first-order valence-corrected chi connectivity index (χ1v) is 6.68. The number of ketones is 1. The number of nitrogens with zero attached hydrogens (tertiary/aromatic N) is 1. The van der Waals surface area contributed by atoms with Gasteiger partial charge in [0.1, 0.15) is 23.0 Å². The average Bonchev–Trinajstić information content (AvgIpc) is 2.53. The van der Waals surface area contributed by atoms with Crippen molar-refractivity contribution in [3.63, 3.8) is 0 Å². The number of Topliss-reactive ketones (excluding diaryl/α,β-unsaturated/α-hetero) is 1. The lowest BCUT2D eigenvalue weighted by Gasteiger charge is -2.11. The molecule has 1 aromatic carbocycles. The molecule has 0 spiro atoms. The maximum Gasteiger partial charge on any atom is 0.344 e. The van der Waals surface area contributed by atoms with E-state index in [-0.39, 0.29) is 23.7 Å². The molecular formula is C15H17F2N3O4. The van der Waals surface area contributed by atoms with E-state index in [0.717, 1.165) is 18.2 Å². The van der Waals surface area contributed by atoms with Crippen LogP contribution in [-0.4, -0.2) is 45.0 Å². The first-order valence-electron chi connectivity index (χ1n) is 6.68. The predicted molar refractivity (Wildman–Crippen MR) is 82.3 cm³/mol. The second-order valence-corrected chi connectivity index (χ2v) is 4.54. The minimum Gasteiger partial charge on any atom is -0.454 e. The highest BCUT2D eigenvalue weighted by Gasteiger charge is 2.23. The van der Waals surface area contributed by atoms with Gasteiger partial charge in [-0.05, 0) is 12.1 Å². The number of carbonyl (C=O) groups excluding carboxylic acids is 2. The molecule has 0 aromatic heterocycles. The molecule has 0 saturated heterocycles. The van der Waals surface area contributed by atoms with Gasteiger partial charge in [0.05, 0.1) is 17.9 Å². The van der Waals surface area contributed by atoms with E-state index in [1.54, 1.807) is 0 Å². The Morgan fingerprint density at radius 2 is 1.75 bits per heavy atom. The molecule has 7 nitrogen and oxygen atoms in total. The number of hydrogen-bond acceptors (Lipinski definition) is 6. The number of esters is 1. The van der Waals surface area contributed by atoms with E-state index in [0.29, 0.717) is 0 Å². The quantitative estimate of drug-likeness (QED) is 0.246. The number of aliphatic imine (C=N–C) groups is 1. The van der Waals surface area contributed by atoms with Gasteiger partial charge in [-0.25, -0.2) is 13.6 Å². The van der Waals surface area contributed by atoms with Gasteiger partial charge in [-0.15, -0.1) is 0 Å². The van der Waals surface area contributed by atoms with Gasteiger partial charge in [0.2, 0.25) is 5.78 Å². The standard InChI is InChI=1S/C15H17F2N3O4/c1-20-14(19)13(10(18)6-23-2)15(22)24-7-11(21)12-8(16)4-3-5-9(12)17/h3-5H,6-7,18H2,1-2H3,(H2,19,20). The highest BCUT2D eigenvalue weighted by Crippen LogP contribution is 2.13. The Morgan fingerprint density at radius 3 is 2.25 bits per heavy atom. The van der Waals surface area contributed by atoms with E-state index < -0.39 is 35.6 Å². The number of ether oxygens (including phenoxy) is 2. The summed E-state index contributed by atoms with van der Waals surface area (Å²) in [6.07, 6.45) is 0. The molecule has 0 fully saturated rings.